The van der Waals surface area contributed by atoms with Crippen LogP contribution in [0.4, 0.5) is 0 Å². The van der Waals surface area contributed by atoms with E-state index in [1.165, 1.54) is 81.0 Å². The van der Waals surface area contributed by atoms with Crippen LogP contribution in [0.15, 0.2) is 21.9 Å². The number of H-pyrrole nitrogens is 1. The Morgan fingerprint density at radius 2 is 1.43 bits per heavy atom. The number of rotatable bonds is 26. The van der Waals surface area contributed by atoms with Crippen LogP contribution in [0.1, 0.15) is 157 Å². The van der Waals surface area contributed by atoms with Gasteiger partial charge in [-0.25, -0.2) is 9.46 Å². The quantitative estimate of drug-likeness (QED) is 0.0744. The number of nitrogens with zero attached hydrogens (tertiary/aromatic N) is 3. The van der Waals surface area contributed by atoms with Crippen molar-refractivity contribution >= 4 is 8.53 Å². The van der Waals surface area contributed by atoms with Crippen LogP contribution in [0, 0.1) is 11.3 Å². The van der Waals surface area contributed by atoms with Gasteiger partial charge in [0.15, 0.2) is 12.0 Å². The van der Waals surface area contributed by atoms with Crippen LogP contribution < -0.4 is 11.2 Å². The molecule has 0 amide bonds. The number of hydrogen-bond donors (Lipinski definition) is 1. The lowest BCUT2D eigenvalue weighted by Gasteiger charge is -2.36. The number of aromatic nitrogens is 2. The molecular weight excluding hydrogens is 643 g/mol. The van der Waals surface area contributed by atoms with E-state index in [0.717, 1.165) is 38.5 Å². The number of unbranched alkanes of at least 4 members (excludes halogenated alkanes) is 12. The van der Waals surface area contributed by atoms with Crippen LogP contribution >= 0.6 is 8.53 Å². The van der Waals surface area contributed by atoms with E-state index in [9.17, 15) is 9.59 Å². The monoisotopic (exact) mass is 708 g/mol. The Hall–Kier alpha value is -1.64. The van der Waals surface area contributed by atoms with Crippen molar-refractivity contribution in [1.82, 2.24) is 14.2 Å². The second kappa shape index (κ2) is 22.3. The van der Waals surface area contributed by atoms with Crippen molar-refractivity contribution in [3.8, 4) is 6.07 Å². The summed E-state index contributed by atoms with van der Waals surface area (Å²) in [4.78, 5) is 27.3. The summed E-state index contributed by atoms with van der Waals surface area (Å²) in [5, 5.41) is 9.14. The smallest absolute Gasteiger partial charge is 0.330 e. The van der Waals surface area contributed by atoms with Gasteiger partial charge in [0.25, 0.3) is 14.1 Å². The van der Waals surface area contributed by atoms with E-state index in [1.54, 1.807) is 0 Å². The third-order valence-electron chi connectivity index (χ3n) is 9.45. The third kappa shape index (κ3) is 13.1. The van der Waals surface area contributed by atoms with Gasteiger partial charge in [0.2, 0.25) is 0 Å². The van der Waals surface area contributed by atoms with Crippen molar-refractivity contribution in [1.29, 1.82) is 5.26 Å². The van der Waals surface area contributed by atoms with Crippen molar-refractivity contribution in [2.24, 2.45) is 0 Å². The molecule has 12 heteroatoms. The molecule has 1 unspecified atom stereocenters. The molecule has 280 valence electrons. The average molecular weight is 709 g/mol. The van der Waals surface area contributed by atoms with Crippen LogP contribution in [0.5, 0.6) is 0 Å². The van der Waals surface area contributed by atoms with Gasteiger partial charge in [-0.15, -0.1) is 0 Å². The van der Waals surface area contributed by atoms with Crippen molar-refractivity contribution in [2.45, 2.75) is 193 Å². The summed E-state index contributed by atoms with van der Waals surface area (Å²) < 4.78 is 36.7. The Morgan fingerprint density at radius 3 is 1.96 bits per heavy atom. The van der Waals surface area contributed by atoms with E-state index < -0.39 is 50.1 Å². The van der Waals surface area contributed by atoms with Crippen LogP contribution in [0.3, 0.4) is 0 Å². The minimum atomic E-state index is -1.50. The highest BCUT2D eigenvalue weighted by Crippen LogP contribution is 2.50. The molecule has 2 fully saturated rings. The van der Waals surface area contributed by atoms with Gasteiger partial charge in [-0.05, 0) is 40.5 Å². The molecule has 1 aromatic heterocycles. The molecule has 5 atom stereocenters. The van der Waals surface area contributed by atoms with Crippen LogP contribution in [-0.4, -0.2) is 63.6 Å². The molecule has 3 rings (SSSR count). The summed E-state index contributed by atoms with van der Waals surface area (Å²) in [7, 11) is -1.50. The second-order valence-corrected chi connectivity index (χ2v) is 15.7. The van der Waals surface area contributed by atoms with Gasteiger partial charge in [0.05, 0.1) is 25.7 Å². The lowest BCUT2D eigenvalue weighted by atomic mass is 9.98. The highest BCUT2D eigenvalue weighted by molar-refractivity contribution is 7.44. The molecule has 0 aromatic carbocycles. The van der Waals surface area contributed by atoms with Gasteiger partial charge in [-0.3, -0.25) is 14.3 Å². The first kappa shape index (κ1) is 41.8. The van der Waals surface area contributed by atoms with E-state index in [4.69, 9.17) is 28.5 Å². The van der Waals surface area contributed by atoms with Crippen molar-refractivity contribution in [2.75, 3.05) is 13.2 Å². The Labute approximate surface area is 296 Å². The summed E-state index contributed by atoms with van der Waals surface area (Å²) in [5.74, 6) is -0.774. The van der Waals surface area contributed by atoms with E-state index in [-0.39, 0.29) is 31.7 Å². The van der Waals surface area contributed by atoms with Gasteiger partial charge in [0.1, 0.15) is 18.3 Å². The Kier molecular flexibility index (Phi) is 19.0. The van der Waals surface area contributed by atoms with Crippen LogP contribution in [0.2, 0.25) is 0 Å². The fraction of sp³-hybridized carbons (Fsp3) is 0.865. The maximum absolute atomic E-state index is 13.0. The molecule has 0 bridgehead atoms. The number of hydrogen-bond acceptors (Lipinski definition) is 9. The number of nitrogens with one attached hydrogen (secondary N) is 1. The maximum atomic E-state index is 13.0. The summed E-state index contributed by atoms with van der Waals surface area (Å²) in [6.07, 6.45) is 17.7. The highest BCUT2D eigenvalue weighted by Gasteiger charge is 2.58. The molecule has 2 aliphatic heterocycles. The molecule has 0 aliphatic carbocycles. The predicted octanol–water partition coefficient (Wildman–Crippen LogP) is 8.49. The minimum Gasteiger partial charge on any atom is -0.346 e. The van der Waals surface area contributed by atoms with E-state index in [1.807, 2.05) is 0 Å². The molecular formula is C37H65N4O7P. The number of ether oxygens (including phenoxy) is 3. The van der Waals surface area contributed by atoms with Gasteiger partial charge in [0, 0.05) is 37.2 Å². The normalized spacial score (nSPS) is 22.3. The van der Waals surface area contributed by atoms with Crippen molar-refractivity contribution < 1.29 is 23.3 Å². The van der Waals surface area contributed by atoms with Gasteiger partial charge >= 0.3 is 5.69 Å². The molecule has 49 heavy (non-hydrogen) atoms. The zero-order chi connectivity index (χ0) is 35.6. The van der Waals surface area contributed by atoms with E-state index >= 15 is 0 Å². The first-order chi connectivity index (χ1) is 23.7. The fourth-order valence-corrected chi connectivity index (χ4v) is 8.62. The predicted molar refractivity (Wildman–Crippen MR) is 194 cm³/mol. The Morgan fingerprint density at radius 1 is 0.878 bits per heavy atom. The lowest BCUT2D eigenvalue weighted by Crippen LogP contribution is -2.38. The molecule has 11 nitrogen and oxygen atoms in total. The molecule has 1 aromatic rings. The van der Waals surface area contributed by atoms with E-state index in [2.05, 4.69) is 57.3 Å². The topological polar surface area (TPSA) is 128 Å². The molecule has 3 heterocycles. The number of aromatic amines is 1. The summed E-state index contributed by atoms with van der Waals surface area (Å²) in [6.45, 7) is 13.3. The fourth-order valence-electron chi connectivity index (χ4n) is 7.00. The zero-order valence-electron chi connectivity index (χ0n) is 31.2. The summed E-state index contributed by atoms with van der Waals surface area (Å²) in [5.41, 5.74) is -1.01. The average Bonchev–Trinajstić information content (AvgIpc) is 3.58. The van der Waals surface area contributed by atoms with Crippen molar-refractivity contribution in [3.05, 3.63) is 33.1 Å². The van der Waals surface area contributed by atoms with Crippen molar-refractivity contribution in [3.63, 3.8) is 0 Å². The molecule has 0 saturated carbocycles. The van der Waals surface area contributed by atoms with Crippen LogP contribution in [-0.2, 0) is 23.3 Å². The zero-order valence-corrected chi connectivity index (χ0v) is 32.1. The number of fused-ring (bicyclic) bond motifs is 1. The second-order valence-electron chi connectivity index (χ2n) is 14.2. The largest absolute Gasteiger partial charge is 0.346 e. The minimum absolute atomic E-state index is 0.153. The molecule has 1 N–H and O–H groups in total. The number of nitriles is 1. The van der Waals surface area contributed by atoms with Crippen LogP contribution in [0.25, 0.3) is 0 Å². The Bertz CT molecular complexity index is 1190. The lowest BCUT2D eigenvalue weighted by molar-refractivity contribution is -0.227. The first-order valence-corrected chi connectivity index (χ1v) is 20.3. The standard InChI is InChI=1S/C37H65N4O7P/c1-7-9-11-13-15-17-19-23-37(24-20-18-16-14-12-10-8-2)47-33-31(28-45-49(44-27-21-25-38)41(29(3)4)30(5)6)46-35(34(33)48-37)40-26-22-32(42)39-36(40)43/h22,26,29-31,33-35H,7-21,23-24,27-28H2,1-6H3,(H,39,42,43)/t31-,33-,34-,35-,49?/m1/s1. The van der Waals surface area contributed by atoms with Gasteiger partial charge < -0.3 is 23.3 Å². The summed E-state index contributed by atoms with van der Waals surface area (Å²) >= 11 is 0. The SMILES string of the molecule is CCCCCCCCCC1(CCCCCCCCC)O[C@@H]2[C@H](O1)[C@@H](COP(OCCC#N)N(C(C)C)C(C)C)O[C@H]2n1ccc(=O)[nH]c1=O. The van der Waals surface area contributed by atoms with Gasteiger partial charge in [-0.1, -0.05) is 90.9 Å². The molecule has 0 radical (unpaired) electrons. The first-order valence-electron chi connectivity index (χ1n) is 19.2. The molecule has 2 saturated heterocycles. The maximum Gasteiger partial charge on any atom is 0.330 e. The highest BCUT2D eigenvalue weighted by atomic mass is 31.2. The Balaban J connectivity index is 1.83. The molecule has 0 spiro atoms. The third-order valence-corrected chi connectivity index (χ3v) is 11.5. The molecule has 2 aliphatic rings. The summed E-state index contributed by atoms with van der Waals surface area (Å²) in [6, 6.07) is 3.78. The van der Waals surface area contributed by atoms with Gasteiger partial charge in [-0.2, -0.15) is 5.26 Å². The van der Waals surface area contributed by atoms with E-state index in [0.29, 0.717) is 0 Å².